The van der Waals surface area contributed by atoms with Crippen LogP contribution in [0.5, 0.6) is 5.75 Å². The van der Waals surface area contributed by atoms with E-state index in [4.69, 9.17) is 9.47 Å². The van der Waals surface area contributed by atoms with Crippen LogP contribution >= 0.6 is 0 Å². The molecule has 1 heterocycles. The Morgan fingerprint density at radius 1 is 1.12 bits per heavy atom. The molecule has 0 bridgehead atoms. The zero-order chi connectivity index (χ0) is 22.9. The second kappa shape index (κ2) is 11.1. The smallest absolute Gasteiger partial charge is 0.308 e. The number of carbonyl (C=O) groups is 3. The molecule has 32 heavy (non-hydrogen) atoms. The quantitative estimate of drug-likeness (QED) is 0.483. The van der Waals surface area contributed by atoms with Crippen LogP contribution in [0.3, 0.4) is 0 Å². The highest BCUT2D eigenvalue weighted by Gasteiger charge is 2.35. The molecule has 2 aromatic carbocycles. The fourth-order valence-electron chi connectivity index (χ4n) is 3.37. The number of hydrogen-bond donors (Lipinski definition) is 1. The van der Waals surface area contributed by atoms with Gasteiger partial charge in [0.1, 0.15) is 18.4 Å². The van der Waals surface area contributed by atoms with E-state index in [1.165, 1.54) is 4.90 Å². The van der Waals surface area contributed by atoms with E-state index < -0.39 is 12.0 Å². The van der Waals surface area contributed by atoms with Crippen LogP contribution in [0.15, 0.2) is 66.7 Å². The van der Waals surface area contributed by atoms with Crippen molar-refractivity contribution >= 4 is 17.8 Å². The standard InChI is InChI=1S/C25H28N2O5/c1-18(2)17-32-21-10-8-20(9-11-21)25(30)27-14-13-26-24(29)22(27)16-23(28)31-15-12-19-6-4-3-5-7-19/h3-11,22H,1,12-17H2,2H3,(H,26,29). The number of ether oxygens (including phenoxy) is 2. The second-order valence-corrected chi connectivity index (χ2v) is 7.74. The Hall–Kier alpha value is -3.61. The first-order valence-electron chi connectivity index (χ1n) is 10.6. The fourth-order valence-corrected chi connectivity index (χ4v) is 3.37. The highest BCUT2D eigenvalue weighted by atomic mass is 16.5. The maximum Gasteiger partial charge on any atom is 0.308 e. The fraction of sp³-hybridized carbons (Fsp3) is 0.320. The molecule has 7 heteroatoms. The van der Waals surface area contributed by atoms with Gasteiger partial charge in [-0.3, -0.25) is 14.4 Å². The summed E-state index contributed by atoms with van der Waals surface area (Å²) >= 11 is 0. The van der Waals surface area contributed by atoms with Crippen LogP contribution < -0.4 is 10.1 Å². The van der Waals surface area contributed by atoms with Crippen molar-refractivity contribution in [2.45, 2.75) is 25.8 Å². The van der Waals surface area contributed by atoms with Crippen molar-refractivity contribution in [1.29, 1.82) is 0 Å². The topological polar surface area (TPSA) is 84.9 Å². The van der Waals surface area contributed by atoms with Crippen LogP contribution in [-0.2, 0) is 20.7 Å². The van der Waals surface area contributed by atoms with Gasteiger partial charge in [0.05, 0.1) is 13.0 Å². The number of nitrogens with zero attached hydrogens (tertiary/aromatic N) is 1. The average molecular weight is 437 g/mol. The van der Waals surface area contributed by atoms with Gasteiger partial charge in [0.2, 0.25) is 5.91 Å². The Bertz CT molecular complexity index is 956. The first-order valence-corrected chi connectivity index (χ1v) is 10.6. The minimum absolute atomic E-state index is 0.188. The first-order chi connectivity index (χ1) is 15.4. The Morgan fingerprint density at radius 2 is 1.84 bits per heavy atom. The molecule has 168 valence electrons. The van der Waals surface area contributed by atoms with Gasteiger partial charge in [-0.15, -0.1) is 0 Å². The van der Waals surface area contributed by atoms with E-state index in [1.54, 1.807) is 24.3 Å². The summed E-state index contributed by atoms with van der Waals surface area (Å²) in [4.78, 5) is 39.3. The molecule has 0 aliphatic carbocycles. The Balaban J connectivity index is 1.59. The van der Waals surface area contributed by atoms with Gasteiger partial charge in [0.25, 0.3) is 5.91 Å². The van der Waals surface area contributed by atoms with Gasteiger partial charge in [-0.25, -0.2) is 0 Å². The first kappa shape index (κ1) is 23.1. The number of amides is 2. The molecule has 1 aliphatic heterocycles. The maximum atomic E-state index is 13.1. The van der Waals surface area contributed by atoms with E-state index in [2.05, 4.69) is 11.9 Å². The molecule has 2 amide bonds. The summed E-state index contributed by atoms with van der Waals surface area (Å²) < 4.78 is 10.9. The number of rotatable bonds is 9. The predicted octanol–water partition coefficient (Wildman–Crippen LogP) is 2.76. The lowest BCUT2D eigenvalue weighted by molar-refractivity contribution is -0.147. The molecule has 3 rings (SSSR count). The normalized spacial score (nSPS) is 15.6. The third-order valence-corrected chi connectivity index (χ3v) is 5.03. The molecule has 1 fully saturated rings. The number of carbonyl (C=O) groups excluding carboxylic acids is 3. The van der Waals surface area contributed by atoms with Gasteiger partial charge in [-0.1, -0.05) is 36.9 Å². The highest BCUT2D eigenvalue weighted by Crippen LogP contribution is 2.18. The van der Waals surface area contributed by atoms with Crippen molar-refractivity contribution in [2.24, 2.45) is 0 Å². The zero-order valence-electron chi connectivity index (χ0n) is 18.2. The van der Waals surface area contributed by atoms with E-state index in [1.807, 2.05) is 37.3 Å². The minimum atomic E-state index is -0.903. The van der Waals surface area contributed by atoms with Gasteiger partial charge in [-0.05, 0) is 42.3 Å². The van der Waals surface area contributed by atoms with Crippen LogP contribution in [0, 0.1) is 0 Å². The van der Waals surface area contributed by atoms with Crippen LogP contribution in [0.2, 0.25) is 0 Å². The summed E-state index contributed by atoms with van der Waals surface area (Å²) in [6.07, 6.45) is 0.401. The SMILES string of the molecule is C=C(C)COc1ccc(C(=O)N2CCNC(=O)C2CC(=O)OCCc2ccccc2)cc1. The molecule has 0 spiro atoms. The predicted molar refractivity (Wildman–Crippen MR) is 120 cm³/mol. The molecule has 0 aromatic heterocycles. The lowest BCUT2D eigenvalue weighted by Gasteiger charge is -2.34. The van der Waals surface area contributed by atoms with Crippen LogP contribution in [-0.4, -0.2) is 55.0 Å². The second-order valence-electron chi connectivity index (χ2n) is 7.74. The van der Waals surface area contributed by atoms with Crippen LogP contribution in [0.1, 0.15) is 29.3 Å². The van der Waals surface area contributed by atoms with Gasteiger partial charge in [0, 0.05) is 25.1 Å². The van der Waals surface area contributed by atoms with E-state index >= 15 is 0 Å². The van der Waals surface area contributed by atoms with Gasteiger partial charge in [-0.2, -0.15) is 0 Å². The van der Waals surface area contributed by atoms with Crippen molar-refractivity contribution < 1.29 is 23.9 Å². The molecular weight excluding hydrogens is 408 g/mol. The molecule has 7 nitrogen and oxygen atoms in total. The summed E-state index contributed by atoms with van der Waals surface area (Å²) in [5.74, 6) is -0.553. The van der Waals surface area contributed by atoms with E-state index in [0.29, 0.717) is 37.4 Å². The number of hydrogen-bond acceptors (Lipinski definition) is 5. The Morgan fingerprint density at radius 3 is 2.53 bits per heavy atom. The number of benzene rings is 2. The molecular formula is C25H28N2O5. The van der Waals surface area contributed by atoms with Gasteiger partial charge in [0.15, 0.2) is 0 Å². The molecule has 1 aliphatic rings. The summed E-state index contributed by atoms with van der Waals surface area (Å²) in [6, 6.07) is 15.5. The van der Waals surface area contributed by atoms with E-state index in [9.17, 15) is 14.4 Å². The number of esters is 1. The molecule has 0 radical (unpaired) electrons. The summed E-state index contributed by atoms with van der Waals surface area (Å²) in [5.41, 5.74) is 2.37. The van der Waals surface area contributed by atoms with E-state index in [0.717, 1.165) is 11.1 Å². The monoisotopic (exact) mass is 436 g/mol. The van der Waals surface area contributed by atoms with E-state index in [-0.39, 0.29) is 24.8 Å². The molecule has 1 atom stereocenters. The lowest BCUT2D eigenvalue weighted by Crippen LogP contribution is -2.57. The third-order valence-electron chi connectivity index (χ3n) is 5.03. The minimum Gasteiger partial charge on any atom is -0.489 e. The Kier molecular flexibility index (Phi) is 8.02. The lowest BCUT2D eigenvalue weighted by atomic mass is 10.1. The Labute approximate surface area is 188 Å². The number of nitrogens with one attached hydrogen (secondary N) is 1. The highest BCUT2D eigenvalue weighted by molar-refractivity contribution is 5.99. The summed E-state index contributed by atoms with van der Waals surface area (Å²) in [6.45, 7) is 6.93. The van der Waals surface area contributed by atoms with Crippen molar-refractivity contribution in [2.75, 3.05) is 26.3 Å². The van der Waals surface area contributed by atoms with Crippen molar-refractivity contribution in [1.82, 2.24) is 10.2 Å². The molecule has 1 N–H and O–H groups in total. The van der Waals surface area contributed by atoms with Crippen molar-refractivity contribution in [3.63, 3.8) is 0 Å². The van der Waals surface area contributed by atoms with Crippen molar-refractivity contribution in [3.05, 3.63) is 77.9 Å². The van der Waals surface area contributed by atoms with Gasteiger partial charge >= 0.3 is 5.97 Å². The van der Waals surface area contributed by atoms with Crippen LogP contribution in [0.4, 0.5) is 0 Å². The molecule has 2 aromatic rings. The van der Waals surface area contributed by atoms with Crippen molar-refractivity contribution in [3.8, 4) is 5.75 Å². The molecule has 0 saturated carbocycles. The number of piperazine rings is 1. The molecule has 1 saturated heterocycles. The van der Waals surface area contributed by atoms with Gasteiger partial charge < -0.3 is 19.7 Å². The largest absolute Gasteiger partial charge is 0.489 e. The maximum absolute atomic E-state index is 13.1. The molecule has 1 unspecified atom stereocenters. The average Bonchev–Trinajstić information content (AvgIpc) is 2.79. The third kappa shape index (κ3) is 6.44. The summed E-state index contributed by atoms with van der Waals surface area (Å²) in [7, 11) is 0. The zero-order valence-corrected chi connectivity index (χ0v) is 18.2. The van der Waals surface area contributed by atoms with Crippen LogP contribution in [0.25, 0.3) is 0 Å². The summed E-state index contributed by atoms with van der Waals surface area (Å²) in [5, 5.41) is 2.72.